The van der Waals surface area contributed by atoms with Crippen LogP contribution in [0.25, 0.3) is 39.5 Å². The van der Waals surface area contributed by atoms with Crippen molar-refractivity contribution in [2.45, 2.75) is 38.3 Å². The number of nitrogen functional groups attached to an aromatic ring is 1. The molecule has 0 atom stereocenters. The lowest BCUT2D eigenvalue weighted by Crippen LogP contribution is -2.54. The van der Waals surface area contributed by atoms with E-state index in [4.69, 9.17) is 20.8 Å². The van der Waals surface area contributed by atoms with Crippen molar-refractivity contribution in [3.05, 3.63) is 90.6 Å². The van der Waals surface area contributed by atoms with Gasteiger partial charge in [0, 0.05) is 30.0 Å². The van der Waals surface area contributed by atoms with E-state index in [1.54, 1.807) is 6.20 Å². The van der Waals surface area contributed by atoms with Crippen LogP contribution in [0.5, 0.6) is 0 Å². The Bertz CT molecular complexity index is 1730. The molecule has 3 aromatic heterocycles. The van der Waals surface area contributed by atoms with Crippen molar-refractivity contribution >= 4 is 23.1 Å². The van der Waals surface area contributed by atoms with Gasteiger partial charge in [-0.15, -0.1) is 0 Å². The number of carboxylic acid groups (broad SMARTS) is 1. The molecule has 4 N–H and O–H groups in total. The SMILES string of the molecule is Nc1ncccc1-c1nc2ccc(-c3ccccc3)nc2n1-c1ccc(CN2CCC3(CC2)CC(NC(=O)O)C3)cc1. The Morgan fingerprint density at radius 3 is 2.43 bits per heavy atom. The number of imidazole rings is 1. The van der Waals surface area contributed by atoms with Crippen molar-refractivity contribution < 1.29 is 9.90 Å². The van der Waals surface area contributed by atoms with E-state index in [0.29, 0.717) is 17.1 Å². The Morgan fingerprint density at radius 1 is 0.952 bits per heavy atom. The number of rotatable bonds is 6. The number of nitrogens with zero attached hydrogens (tertiary/aromatic N) is 5. The fourth-order valence-electron chi connectivity index (χ4n) is 6.62. The van der Waals surface area contributed by atoms with E-state index in [1.165, 1.54) is 5.56 Å². The van der Waals surface area contributed by atoms with E-state index in [0.717, 1.165) is 79.0 Å². The second kappa shape index (κ2) is 10.6. The second-order valence-corrected chi connectivity index (χ2v) is 11.6. The molecule has 1 saturated heterocycles. The topological polar surface area (TPSA) is 122 Å². The summed E-state index contributed by atoms with van der Waals surface area (Å²) in [5.41, 5.74) is 13.1. The standard InChI is InChI=1S/C33H33N7O2/c34-29-26(7-4-16-35-29)30-38-28-13-12-27(23-5-2-1-3-6-23)37-31(28)40(30)25-10-8-22(9-11-25)21-39-17-14-33(15-18-39)19-24(20-33)36-32(41)42/h1-13,16,24,36H,14-15,17-21H2,(H2,34,35)(H,41,42). The minimum Gasteiger partial charge on any atom is -0.465 e. The van der Waals surface area contributed by atoms with Crippen LogP contribution in [0.1, 0.15) is 31.2 Å². The number of benzene rings is 2. The van der Waals surface area contributed by atoms with Crippen LogP contribution in [-0.2, 0) is 6.54 Å². The Kier molecular flexibility index (Phi) is 6.59. The number of hydrogen-bond acceptors (Lipinski definition) is 6. The number of fused-ring (bicyclic) bond motifs is 1. The molecule has 1 spiro atoms. The molecule has 42 heavy (non-hydrogen) atoms. The highest BCUT2D eigenvalue weighted by Gasteiger charge is 2.46. The zero-order valence-corrected chi connectivity index (χ0v) is 23.3. The van der Waals surface area contributed by atoms with Crippen LogP contribution < -0.4 is 11.1 Å². The average Bonchev–Trinajstić information content (AvgIpc) is 3.37. The molecule has 0 radical (unpaired) electrons. The van der Waals surface area contributed by atoms with Gasteiger partial charge in [-0.25, -0.2) is 19.7 Å². The molecule has 0 unspecified atom stereocenters. The molecule has 0 bridgehead atoms. The summed E-state index contributed by atoms with van der Waals surface area (Å²) in [6.45, 7) is 2.95. The first-order valence-corrected chi connectivity index (χ1v) is 14.4. The molecule has 4 heterocycles. The first-order valence-electron chi connectivity index (χ1n) is 14.4. The molecule has 1 aliphatic carbocycles. The van der Waals surface area contributed by atoms with Crippen molar-refractivity contribution in [1.29, 1.82) is 0 Å². The largest absolute Gasteiger partial charge is 0.465 e. The third kappa shape index (κ3) is 4.96. The molecule has 2 aromatic carbocycles. The fourth-order valence-corrected chi connectivity index (χ4v) is 6.62. The van der Waals surface area contributed by atoms with E-state index in [1.807, 2.05) is 42.5 Å². The van der Waals surface area contributed by atoms with Gasteiger partial charge in [0.15, 0.2) is 11.5 Å². The number of pyridine rings is 2. The van der Waals surface area contributed by atoms with Crippen LogP contribution >= 0.6 is 0 Å². The molecule has 1 amide bonds. The van der Waals surface area contributed by atoms with Crippen LogP contribution in [0.15, 0.2) is 85.1 Å². The molecule has 1 saturated carbocycles. The van der Waals surface area contributed by atoms with E-state index < -0.39 is 6.09 Å². The van der Waals surface area contributed by atoms with Crippen LogP contribution in [0, 0.1) is 5.41 Å². The highest BCUT2D eigenvalue weighted by atomic mass is 16.4. The number of piperidine rings is 1. The van der Waals surface area contributed by atoms with Crippen LogP contribution in [0.3, 0.4) is 0 Å². The maximum Gasteiger partial charge on any atom is 0.404 e. The molecule has 9 nitrogen and oxygen atoms in total. The number of amides is 1. The Morgan fingerprint density at radius 2 is 1.71 bits per heavy atom. The maximum atomic E-state index is 10.9. The number of nitrogens with two attached hydrogens (primary N) is 1. The summed E-state index contributed by atoms with van der Waals surface area (Å²) in [5.74, 6) is 1.13. The van der Waals surface area contributed by atoms with Gasteiger partial charge in [0.1, 0.15) is 11.3 Å². The highest BCUT2D eigenvalue weighted by Crippen LogP contribution is 2.49. The van der Waals surface area contributed by atoms with Gasteiger partial charge >= 0.3 is 6.09 Å². The Hall–Kier alpha value is -4.76. The second-order valence-electron chi connectivity index (χ2n) is 11.6. The molecule has 2 fully saturated rings. The smallest absolute Gasteiger partial charge is 0.404 e. The zero-order chi connectivity index (χ0) is 28.7. The lowest BCUT2D eigenvalue weighted by molar-refractivity contribution is 0.00519. The number of aromatic nitrogens is 4. The molecule has 1 aliphatic heterocycles. The van der Waals surface area contributed by atoms with Gasteiger partial charge in [-0.2, -0.15) is 0 Å². The number of hydrogen-bond donors (Lipinski definition) is 3. The molecule has 9 heteroatoms. The monoisotopic (exact) mass is 559 g/mol. The summed E-state index contributed by atoms with van der Waals surface area (Å²) in [7, 11) is 0. The van der Waals surface area contributed by atoms with Gasteiger partial charge in [-0.05, 0) is 86.1 Å². The number of nitrogens with one attached hydrogen (secondary N) is 1. The van der Waals surface area contributed by atoms with E-state index in [9.17, 15) is 4.79 Å². The van der Waals surface area contributed by atoms with Crippen LogP contribution in [0.4, 0.5) is 10.6 Å². The summed E-state index contributed by atoms with van der Waals surface area (Å²) >= 11 is 0. The normalized spacial score (nSPS) is 16.9. The first kappa shape index (κ1) is 26.2. The Balaban J connectivity index is 1.15. The highest BCUT2D eigenvalue weighted by molar-refractivity contribution is 5.84. The molecule has 7 rings (SSSR count). The van der Waals surface area contributed by atoms with Crippen LogP contribution in [0.2, 0.25) is 0 Å². The van der Waals surface area contributed by atoms with Gasteiger partial charge < -0.3 is 16.2 Å². The molecule has 2 aliphatic rings. The predicted octanol–water partition coefficient (Wildman–Crippen LogP) is 5.74. The lowest BCUT2D eigenvalue weighted by atomic mass is 9.60. The third-order valence-electron chi connectivity index (χ3n) is 8.86. The minimum atomic E-state index is -0.914. The maximum absolute atomic E-state index is 10.9. The fraction of sp³-hybridized carbons (Fsp3) is 0.273. The minimum absolute atomic E-state index is 0.117. The molecular formula is C33H33N7O2. The Labute approximate surface area is 244 Å². The van der Waals surface area contributed by atoms with Crippen molar-refractivity contribution in [3.63, 3.8) is 0 Å². The number of carbonyl (C=O) groups is 1. The molecular weight excluding hydrogens is 526 g/mol. The molecule has 5 aromatic rings. The summed E-state index contributed by atoms with van der Waals surface area (Å²) in [5, 5.41) is 11.6. The van der Waals surface area contributed by atoms with E-state index in [2.05, 4.69) is 56.2 Å². The first-order chi connectivity index (χ1) is 20.5. The molecule has 212 valence electrons. The lowest BCUT2D eigenvalue weighted by Gasteiger charge is -2.52. The van der Waals surface area contributed by atoms with Gasteiger partial charge in [0.2, 0.25) is 0 Å². The number of anilines is 1. The average molecular weight is 560 g/mol. The summed E-state index contributed by atoms with van der Waals surface area (Å²) in [6.07, 6.45) is 4.94. The van der Waals surface area contributed by atoms with Gasteiger partial charge in [-0.3, -0.25) is 9.47 Å². The van der Waals surface area contributed by atoms with E-state index in [-0.39, 0.29) is 6.04 Å². The van der Waals surface area contributed by atoms with E-state index >= 15 is 0 Å². The van der Waals surface area contributed by atoms with Gasteiger partial charge in [0.25, 0.3) is 0 Å². The van der Waals surface area contributed by atoms with Gasteiger partial charge in [-0.1, -0.05) is 42.5 Å². The summed E-state index contributed by atoms with van der Waals surface area (Å²) in [4.78, 5) is 27.8. The summed E-state index contributed by atoms with van der Waals surface area (Å²) in [6, 6.07) is 26.7. The van der Waals surface area contributed by atoms with Crippen molar-refractivity contribution in [3.8, 4) is 28.3 Å². The third-order valence-corrected chi connectivity index (χ3v) is 8.86. The predicted molar refractivity (Wildman–Crippen MR) is 163 cm³/mol. The van der Waals surface area contributed by atoms with Crippen molar-refractivity contribution in [2.24, 2.45) is 5.41 Å². The van der Waals surface area contributed by atoms with Crippen molar-refractivity contribution in [2.75, 3.05) is 18.8 Å². The van der Waals surface area contributed by atoms with Crippen LogP contribution in [-0.4, -0.2) is 54.8 Å². The summed E-state index contributed by atoms with van der Waals surface area (Å²) < 4.78 is 2.07. The van der Waals surface area contributed by atoms with Gasteiger partial charge in [0.05, 0.1) is 11.3 Å². The number of likely N-dealkylation sites (tertiary alicyclic amines) is 1. The quantitative estimate of drug-likeness (QED) is 0.242. The van der Waals surface area contributed by atoms with Crippen molar-refractivity contribution in [1.82, 2.24) is 29.7 Å². The zero-order valence-electron chi connectivity index (χ0n) is 23.3.